The van der Waals surface area contributed by atoms with Gasteiger partial charge in [0.2, 0.25) is 5.91 Å². The Morgan fingerprint density at radius 1 is 1.29 bits per heavy atom. The number of hydrogen-bond donors (Lipinski definition) is 1. The smallest absolute Gasteiger partial charge is 0.280 e. The van der Waals surface area contributed by atoms with Crippen molar-refractivity contribution in [2.75, 3.05) is 5.32 Å². The summed E-state index contributed by atoms with van der Waals surface area (Å²) < 4.78 is 27.3. The van der Waals surface area contributed by atoms with Crippen LogP contribution in [-0.2, 0) is 11.3 Å². The number of Topliss-reactive ketones (excluding diaryl/α,β-unsaturated/α-hetero) is 1. The first-order chi connectivity index (χ1) is 11.4. The lowest BCUT2D eigenvalue weighted by Crippen LogP contribution is -2.21. The number of alkyl halides is 2. The van der Waals surface area contributed by atoms with Crippen molar-refractivity contribution in [1.29, 1.82) is 0 Å². The van der Waals surface area contributed by atoms with Crippen LogP contribution in [-0.4, -0.2) is 21.5 Å². The summed E-state index contributed by atoms with van der Waals surface area (Å²) in [5.74, 6) is -0.276. The zero-order valence-electron chi connectivity index (χ0n) is 13.1. The van der Waals surface area contributed by atoms with Crippen molar-refractivity contribution in [2.24, 2.45) is 0 Å². The van der Waals surface area contributed by atoms with E-state index in [0.29, 0.717) is 16.9 Å². The van der Waals surface area contributed by atoms with Crippen molar-refractivity contribution < 1.29 is 18.4 Å². The highest BCUT2D eigenvalue weighted by Gasteiger charge is 2.29. The number of nitrogens with one attached hydrogen (secondary N) is 1. The summed E-state index contributed by atoms with van der Waals surface area (Å²) in [7, 11) is 0. The Morgan fingerprint density at radius 2 is 1.96 bits per heavy atom. The number of rotatable bonds is 6. The molecule has 1 fully saturated rings. The van der Waals surface area contributed by atoms with Crippen LogP contribution in [0, 0.1) is 0 Å². The number of carbonyl (C=O) groups excluding carboxylic acids is 2. The molecule has 0 saturated heterocycles. The maximum Gasteiger partial charge on any atom is 0.280 e. The molecule has 0 spiro atoms. The molecule has 0 bridgehead atoms. The van der Waals surface area contributed by atoms with Gasteiger partial charge in [0.15, 0.2) is 5.78 Å². The van der Waals surface area contributed by atoms with Crippen molar-refractivity contribution in [2.45, 2.75) is 38.7 Å². The largest absolute Gasteiger partial charge is 0.324 e. The number of nitrogens with zero attached hydrogens (tertiary/aromatic N) is 2. The third-order valence-corrected chi connectivity index (χ3v) is 3.92. The summed E-state index contributed by atoms with van der Waals surface area (Å²) in [4.78, 5) is 23.3. The van der Waals surface area contributed by atoms with E-state index in [-0.39, 0.29) is 23.9 Å². The van der Waals surface area contributed by atoms with E-state index in [1.54, 1.807) is 24.3 Å². The number of carbonyl (C=O) groups is 2. The van der Waals surface area contributed by atoms with Gasteiger partial charge < -0.3 is 5.32 Å². The van der Waals surface area contributed by atoms with Crippen molar-refractivity contribution in [3.05, 3.63) is 47.3 Å². The maximum atomic E-state index is 13.1. The van der Waals surface area contributed by atoms with Crippen molar-refractivity contribution in [1.82, 2.24) is 9.78 Å². The van der Waals surface area contributed by atoms with Crippen LogP contribution in [0.5, 0.6) is 0 Å². The van der Waals surface area contributed by atoms with Gasteiger partial charge in [0.25, 0.3) is 6.43 Å². The summed E-state index contributed by atoms with van der Waals surface area (Å²) >= 11 is 0. The Morgan fingerprint density at radius 3 is 2.50 bits per heavy atom. The van der Waals surface area contributed by atoms with Crippen LogP contribution in [0.25, 0.3) is 0 Å². The minimum Gasteiger partial charge on any atom is -0.324 e. The molecular weight excluding hydrogens is 316 g/mol. The highest BCUT2D eigenvalue weighted by molar-refractivity contribution is 5.95. The Balaban J connectivity index is 1.69. The normalized spacial score (nSPS) is 14.0. The van der Waals surface area contributed by atoms with Gasteiger partial charge in [-0.1, -0.05) is 0 Å². The zero-order valence-corrected chi connectivity index (χ0v) is 13.1. The fraction of sp³-hybridized carbons (Fsp3) is 0.353. The zero-order chi connectivity index (χ0) is 17.3. The molecule has 1 N–H and O–H groups in total. The highest BCUT2D eigenvalue weighted by Crippen LogP contribution is 2.40. The molecule has 7 heteroatoms. The molecule has 1 amide bonds. The molecule has 5 nitrogen and oxygen atoms in total. The lowest BCUT2D eigenvalue weighted by atomic mass is 10.1. The monoisotopic (exact) mass is 333 g/mol. The van der Waals surface area contributed by atoms with Crippen LogP contribution in [0.2, 0.25) is 0 Å². The number of aromatic nitrogens is 2. The first-order valence-corrected chi connectivity index (χ1v) is 7.70. The van der Waals surface area contributed by atoms with Crippen molar-refractivity contribution in [3.8, 4) is 0 Å². The maximum absolute atomic E-state index is 13.1. The van der Waals surface area contributed by atoms with Crippen molar-refractivity contribution >= 4 is 17.4 Å². The minimum absolute atomic E-state index is 0.0707. The first-order valence-electron chi connectivity index (χ1n) is 7.70. The van der Waals surface area contributed by atoms with Crippen molar-refractivity contribution in [3.63, 3.8) is 0 Å². The van der Waals surface area contributed by atoms with E-state index in [1.807, 2.05) is 0 Å². The molecule has 3 rings (SSSR count). The second kappa shape index (κ2) is 6.51. The van der Waals surface area contributed by atoms with Crippen LogP contribution in [0.15, 0.2) is 30.3 Å². The number of amides is 1. The summed E-state index contributed by atoms with van der Waals surface area (Å²) in [5, 5.41) is 6.76. The molecule has 1 heterocycles. The molecule has 0 aliphatic heterocycles. The average Bonchev–Trinajstić information content (AvgIpc) is 3.29. The number of halogens is 2. The van der Waals surface area contributed by atoms with Crippen LogP contribution in [0.3, 0.4) is 0 Å². The molecule has 1 aromatic heterocycles. The van der Waals surface area contributed by atoms with Gasteiger partial charge in [0.05, 0.1) is 5.69 Å². The highest BCUT2D eigenvalue weighted by atomic mass is 19.3. The molecule has 0 radical (unpaired) electrons. The van der Waals surface area contributed by atoms with E-state index in [2.05, 4.69) is 10.4 Å². The fourth-order valence-corrected chi connectivity index (χ4v) is 2.46. The van der Waals surface area contributed by atoms with E-state index in [1.165, 1.54) is 13.0 Å². The van der Waals surface area contributed by atoms with Gasteiger partial charge in [-0.25, -0.2) is 8.78 Å². The number of hydrogen-bond acceptors (Lipinski definition) is 3. The van der Waals surface area contributed by atoms with Gasteiger partial charge in [-0.3, -0.25) is 14.3 Å². The predicted octanol–water partition coefficient (Wildman–Crippen LogP) is 3.54. The molecule has 1 aliphatic rings. The molecule has 0 unspecified atom stereocenters. The number of ketones is 1. The third kappa shape index (κ3) is 3.67. The quantitative estimate of drug-likeness (QED) is 0.823. The fourth-order valence-electron chi connectivity index (χ4n) is 2.46. The summed E-state index contributed by atoms with van der Waals surface area (Å²) in [6.45, 7) is 1.18. The van der Waals surface area contributed by atoms with Gasteiger partial charge >= 0.3 is 0 Å². The molecule has 1 aliphatic carbocycles. The molecule has 2 aromatic rings. The lowest BCUT2D eigenvalue weighted by Gasteiger charge is -2.08. The van der Waals surface area contributed by atoms with E-state index >= 15 is 0 Å². The Kier molecular flexibility index (Phi) is 4.42. The average molecular weight is 333 g/mol. The number of benzene rings is 1. The molecule has 24 heavy (non-hydrogen) atoms. The predicted molar refractivity (Wildman–Crippen MR) is 84.2 cm³/mol. The molecule has 126 valence electrons. The molecule has 1 saturated carbocycles. The van der Waals surface area contributed by atoms with Gasteiger partial charge in [0.1, 0.15) is 12.2 Å². The van der Waals surface area contributed by atoms with E-state index in [0.717, 1.165) is 17.5 Å². The van der Waals surface area contributed by atoms with Crippen LogP contribution >= 0.6 is 0 Å². The third-order valence-electron chi connectivity index (χ3n) is 3.92. The van der Waals surface area contributed by atoms with Crippen LogP contribution < -0.4 is 5.32 Å². The van der Waals surface area contributed by atoms with Gasteiger partial charge in [-0.05, 0) is 50.1 Å². The summed E-state index contributed by atoms with van der Waals surface area (Å²) in [6, 6.07) is 7.78. The van der Waals surface area contributed by atoms with Crippen LogP contribution in [0.1, 0.15) is 53.9 Å². The minimum atomic E-state index is -2.67. The second-order valence-electron chi connectivity index (χ2n) is 5.91. The standard InChI is InChI=1S/C17H17F2N3O2/c1-10(23)11-4-6-13(7-5-11)20-16(24)9-22-15(17(18)19)8-14(21-22)12-2-3-12/h4-8,12,17H,2-3,9H2,1H3,(H,20,24). The van der Waals surface area contributed by atoms with Gasteiger partial charge in [0, 0.05) is 17.2 Å². The Labute approximate surface area is 137 Å². The Hall–Kier alpha value is -2.57. The van der Waals surface area contributed by atoms with E-state index < -0.39 is 12.3 Å². The first kappa shape index (κ1) is 16.3. The second-order valence-corrected chi connectivity index (χ2v) is 5.91. The van der Waals surface area contributed by atoms with E-state index in [9.17, 15) is 18.4 Å². The lowest BCUT2D eigenvalue weighted by molar-refractivity contribution is -0.117. The molecule has 0 atom stereocenters. The van der Waals surface area contributed by atoms with Crippen LogP contribution in [0.4, 0.5) is 14.5 Å². The SMILES string of the molecule is CC(=O)c1ccc(NC(=O)Cn2nc(C3CC3)cc2C(F)F)cc1. The molecular formula is C17H17F2N3O2. The summed E-state index contributed by atoms with van der Waals surface area (Å²) in [6.07, 6.45) is -0.768. The van der Waals surface area contributed by atoms with Gasteiger partial charge in [-0.2, -0.15) is 5.10 Å². The van der Waals surface area contributed by atoms with Gasteiger partial charge in [-0.15, -0.1) is 0 Å². The van der Waals surface area contributed by atoms with E-state index in [4.69, 9.17) is 0 Å². The molecule has 1 aromatic carbocycles. The summed E-state index contributed by atoms with van der Waals surface area (Å²) in [5.41, 5.74) is 1.43. The number of anilines is 1. The Bertz CT molecular complexity index is 765. The topological polar surface area (TPSA) is 64.0 Å².